The molecular formula is C14H19Cl2NO2. The Kier molecular flexibility index (Phi) is 5.95. The van der Waals surface area contributed by atoms with Crippen molar-refractivity contribution in [1.29, 1.82) is 0 Å². The van der Waals surface area contributed by atoms with Crippen molar-refractivity contribution in [2.24, 2.45) is 0 Å². The predicted octanol–water partition coefficient (Wildman–Crippen LogP) is 4.02. The van der Waals surface area contributed by atoms with Crippen LogP contribution in [0.15, 0.2) is 18.2 Å². The molecular weight excluding hydrogens is 285 g/mol. The number of amides is 1. The van der Waals surface area contributed by atoms with Crippen LogP contribution in [0.2, 0.25) is 10.0 Å². The van der Waals surface area contributed by atoms with Crippen LogP contribution in [0, 0.1) is 0 Å². The first kappa shape index (κ1) is 16.1. The first-order chi connectivity index (χ1) is 8.84. The molecule has 0 radical (unpaired) electrons. The van der Waals surface area contributed by atoms with Gasteiger partial charge < -0.3 is 9.64 Å². The Labute approximate surface area is 124 Å². The Bertz CT molecular complexity index is 439. The van der Waals surface area contributed by atoms with E-state index >= 15 is 0 Å². The van der Waals surface area contributed by atoms with E-state index in [1.54, 1.807) is 23.1 Å². The van der Waals surface area contributed by atoms with E-state index in [1.165, 1.54) is 0 Å². The molecule has 0 aliphatic rings. The van der Waals surface area contributed by atoms with Gasteiger partial charge >= 0.3 is 0 Å². The molecule has 0 aromatic heterocycles. The zero-order valence-electron chi connectivity index (χ0n) is 11.6. The van der Waals surface area contributed by atoms with Gasteiger partial charge in [-0.15, -0.1) is 0 Å². The largest absolute Gasteiger partial charge is 0.482 e. The van der Waals surface area contributed by atoms with Gasteiger partial charge in [-0.1, -0.05) is 29.3 Å². The van der Waals surface area contributed by atoms with E-state index in [4.69, 9.17) is 27.9 Å². The van der Waals surface area contributed by atoms with Crippen LogP contribution in [-0.2, 0) is 4.79 Å². The van der Waals surface area contributed by atoms with Crippen molar-refractivity contribution in [3.05, 3.63) is 28.2 Å². The van der Waals surface area contributed by atoms with Crippen LogP contribution in [0.25, 0.3) is 0 Å². The number of carbonyl (C=O) groups excluding carboxylic acids is 1. The number of benzene rings is 1. The van der Waals surface area contributed by atoms with Crippen molar-refractivity contribution in [3.8, 4) is 5.75 Å². The average Bonchev–Trinajstić information content (AvgIpc) is 2.30. The molecule has 0 N–H and O–H groups in total. The standard InChI is InChI=1S/C14H19Cl2NO2/c1-9(2)17(10(3)4)13(18)8-19-12-7-5-6-11(15)14(12)16/h5-7,9-10H,8H2,1-4H3. The molecule has 5 heteroatoms. The first-order valence-corrected chi connectivity index (χ1v) is 6.98. The molecule has 0 atom stereocenters. The van der Waals surface area contributed by atoms with Crippen molar-refractivity contribution < 1.29 is 9.53 Å². The van der Waals surface area contributed by atoms with Crippen molar-refractivity contribution in [1.82, 2.24) is 4.90 Å². The maximum atomic E-state index is 12.1. The minimum absolute atomic E-state index is 0.0452. The Morgan fingerprint density at radius 3 is 2.32 bits per heavy atom. The molecule has 1 rings (SSSR count). The fourth-order valence-corrected chi connectivity index (χ4v) is 2.33. The number of nitrogens with zero attached hydrogens (tertiary/aromatic N) is 1. The summed E-state index contributed by atoms with van der Waals surface area (Å²) in [6.45, 7) is 7.86. The summed E-state index contributed by atoms with van der Waals surface area (Å²) in [7, 11) is 0. The van der Waals surface area contributed by atoms with Gasteiger partial charge in [0, 0.05) is 12.1 Å². The molecule has 19 heavy (non-hydrogen) atoms. The summed E-state index contributed by atoms with van der Waals surface area (Å²) in [4.78, 5) is 13.9. The Balaban J connectivity index is 2.70. The van der Waals surface area contributed by atoms with E-state index in [0.29, 0.717) is 15.8 Å². The van der Waals surface area contributed by atoms with Gasteiger partial charge in [0.1, 0.15) is 10.8 Å². The molecule has 0 fully saturated rings. The molecule has 0 saturated heterocycles. The van der Waals surface area contributed by atoms with Gasteiger partial charge in [-0.2, -0.15) is 0 Å². The van der Waals surface area contributed by atoms with Crippen molar-refractivity contribution in [2.45, 2.75) is 39.8 Å². The zero-order valence-corrected chi connectivity index (χ0v) is 13.1. The molecule has 0 saturated carbocycles. The maximum absolute atomic E-state index is 12.1. The molecule has 0 heterocycles. The molecule has 106 valence electrons. The van der Waals surface area contributed by atoms with Gasteiger partial charge in [-0.3, -0.25) is 4.79 Å². The summed E-state index contributed by atoms with van der Waals surface area (Å²) in [5.41, 5.74) is 0. The fourth-order valence-electron chi connectivity index (χ4n) is 1.98. The molecule has 1 amide bonds. The highest BCUT2D eigenvalue weighted by Crippen LogP contribution is 2.31. The molecule has 1 aromatic rings. The average molecular weight is 304 g/mol. The van der Waals surface area contributed by atoms with E-state index in [-0.39, 0.29) is 24.6 Å². The van der Waals surface area contributed by atoms with E-state index in [1.807, 2.05) is 27.7 Å². The Morgan fingerprint density at radius 1 is 1.21 bits per heavy atom. The lowest BCUT2D eigenvalue weighted by Gasteiger charge is -2.30. The third-order valence-electron chi connectivity index (χ3n) is 2.67. The molecule has 0 unspecified atom stereocenters. The second kappa shape index (κ2) is 7.01. The first-order valence-electron chi connectivity index (χ1n) is 6.22. The van der Waals surface area contributed by atoms with E-state index in [2.05, 4.69) is 0 Å². The number of ether oxygens (including phenoxy) is 1. The third-order valence-corrected chi connectivity index (χ3v) is 3.47. The molecule has 0 aliphatic heterocycles. The molecule has 1 aromatic carbocycles. The lowest BCUT2D eigenvalue weighted by atomic mass is 10.2. The van der Waals surface area contributed by atoms with Gasteiger partial charge in [0.15, 0.2) is 6.61 Å². The van der Waals surface area contributed by atoms with E-state index < -0.39 is 0 Å². The van der Waals surface area contributed by atoms with Gasteiger partial charge in [0.25, 0.3) is 5.91 Å². The number of hydrogen-bond donors (Lipinski definition) is 0. The molecule has 0 aliphatic carbocycles. The lowest BCUT2D eigenvalue weighted by Crippen LogP contribution is -2.44. The predicted molar refractivity (Wildman–Crippen MR) is 79.1 cm³/mol. The van der Waals surface area contributed by atoms with Crippen molar-refractivity contribution in [3.63, 3.8) is 0 Å². The summed E-state index contributed by atoms with van der Waals surface area (Å²) >= 11 is 11.9. The minimum atomic E-state index is -0.0685. The van der Waals surface area contributed by atoms with Crippen LogP contribution in [-0.4, -0.2) is 29.5 Å². The van der Waals surface area contributed by atoms with Crippen molar-refractivity contribution in [2.75, 3.05) is 6.61 Å². The Morgan fingerprint density at radius 2 is 1.79 bits per heavy atom. The maximum Gasteiger partial charge on any atom is 0.260 e. The second-order valence-corrected chi connectivity index (χ2v) is 5.61. The highest BCUT2D eigenvalue weighted by atomic mass is 35.5. The molecule has 0 bridgehead atoms. The zero-order chi connectivity index (χ0) is 14.6. The fraction of sp³-hybridized carbons (Fsp3) is 0.500. The highest BCUT2D eigenvalue weighted by Gasteiger charge is 2.20. The van der Waals surface area contributed by atoms with E-state index in [0.717, 1.165) is 0 Å². The monoisotopic (exact) mass is 303 g/mol. The van der Waals surface area contributed by atoms with Crippen LogP contribution < -0.4 is 4.74 Å². The normalized spacial score (nSPS) is 10.9. The SMILES string of the molecule is CC(C)N(C(=O)COc1cccc(Cl)c1Cl)C(C)C. The second-order valence-electron chi connectivity index (χ2n) is 4.83. The lowest BCUT2D eigenvalue weighted by molar-refractivity contribution is -0.136. The molecule has 3 nitrogen and oxygen atoms in total. The van der Waals surface area contributed by atoms with Crippen LogP contribution in [0.1, 0.15) is 27.7 Å². The summed E-state index contributed by atoms with van der Waals surface area (Å²) in [5.74, 6) is 0.357. The third kappa shape index (κ3) is 4.29. The van der Waals surface area contributed by atoms with Crippen LogP contribution in [0.5, 0.6) is 5.75 Å². The Hall–Kier alpha value is -0.930. The summed E-state index contributed by atoms with van der Waals surface area (Å²) < 4.78 is 5.45. The summed E-state index contributed by atoms with van der Waals surface area (Å²) in [5, 5.41) is 0.744. The number of rotatable bonds is 5. The number of halogens is 2. The van der Waals surface area contributed by atoms with Gasteiger partial charge in [0.2, 0.25) is 0 Å². The van der Waals surface area contributed by atoms with Gasteiger partial charge in [-0.05, 0) is 39.8 Å². The summed E-state index contributed by atoms with van der Waals surface area (Å²) in [6.07, 6.45) is 0. The van der Waals surface area contributed by atoms with Crippen LogP contribution in [0.4, 0.5) is 0 Å². The van der Waals surface area contributed by atoms with Crippen LogP contribution in [0.3, 0.4) is 0 Å². The smallest absolute Gasteiger partial charge is 0.260 e. The van der Waals surface area contributed by atoms with Gasteiger partial charge in [-0.25, -0.2) is 0 Å². The van der Waals surface area contributed by atoms with Crippen LogP contribution >= 0.6 is 23.2 Å². The van der Waals surface area contributed by atoms with Crippen molar-refractivity contribution >= 4 is 29.1 Å². The van der Waals surface area contributed by atoms with E-state index in [9.17, 15) is 4.79 Å². The minimum Gasteiger partial charge on any atom is -0.482 e. The number of carbonyl (C=O) groups is 1. The quantitative estimate of drug-likeness (QED) is 0.822. The summed E-state index contributed by atoms with van der Waals surface area (Å²) in [6, 6.07) is 5.36. The number of hydrogen-bond acceptors (Lipinski definition) is 2. The van der Waals surface area contributed by atoms with Gasteiger partial charge in [0.05, 0.1) is 5.02 Å². The topological polar surface area (TPSA) is 29.5 Å². The highest BCUT2D eigenvalue weighted by molar-refractivity contribution is 6.42. The molecule has 0 spiro atoms.